The molecule has 0 aromatic heterocycles. The highest BCUT2D eigenvalue weighted by Gasteiger charge is 2.31. The van der Waals surface area contributed by atoms with Crippen molar-refractivity contribution < 1.29 is 4.74 Å². The van der Waals surface area contributed by atoms with Gasteiger partial charge in [-0.3, -0.25) is 9.89 Å². The third-order valence-corrected chi connectivity index (χ3v) is 4.44. The predicted molar refractivity (Wildman–Crippen MR) is 82.9 cm³/mol. The van der Waals surface area contributed by atoms with Crippen molar-refractivity contribution >= 4 is 5.96 Å². The van der Waals surface area contributed by atoms with E-state index in [1.54, 1.807) is 0 Å². The van der Waals surface area contributed by atoms with Crippen molar-refractivity contribution in [3.8, 4) is 0 Å². The van der Waals surface area contributed by atoms with Crippen LogP contribution in [0.3, 0.4) is 0 Å². The summed E-state index contributed by atoms with van der Waals surface area (Å²) in [4.78, 5) is 6.97. The molecule has 2 fully saturated rings. The molecule has 0 aromatic carbocycles. The van der Waals surface area contributed by atoms with E-state index < -0.39 is 0 Å². The Bertz CT molecular complexity index is 343. The maximum atomic E-state index is 5.95. The van der Waals surface area contributed by atoms with E-state index in [0.717, 1.165) is 32.5 Å². The number of nitrogens with one attached hydrogen (secondary N) is 1. The Hall–Kier alpha value is -0.810. The van der Waals surface area contributed by atoms with Gasteiger partial charge < -0.3 is 15.8 Å². The van der Waals surface area contributed by atoms with Crippen molar-refractivity contribution in [2.75, 3.05) is 26.2 Å². The molecule has 2 heterocycles. The standard InChI is InChI=1S/C15H30N4O/c1-4-19-9-5-6-12(19)10-17-14(16)18-11-13-7-8-15(2,3)20-13/h12-13H,4-11H2,1-3H3,(H3,16,17,18). The summed E-state index contributed by atoms with van der Waals surface area (Å²) in [5, 5.41) is 3.20. The molecule has 20 heavy (non-hydrogen) atoms. The van der Waals surface area contributed by atoms with Crippen LogP contribution in [-0.4, -0.2) is 54.8 Å². The van der Waals surface area contributed by atoms with Crippen molar-refractivity contribution in [3.63, 3.8) is 0 Å². The van der Waals surface area contributed by atoms with Gasteiger partial charge in [-0.2, -0.15) is 0 Å². The molecule has 5 nitrogen and oxygen atoms in total. The maximum Gasteiger partial charge on any atom is 0.188 e. The molecular weight excluding hydrogens is 252 g/mol. The highest BCUT2D eigenvalue weighted by atomic mass is 16.5. The van der Waals surface area contributed by atoms with Gasteiger partial charge in [0, 0.05) is 12.6 Å². The number of likely N-dealkylation sites (tertiary alicyclic amines) is 1. The second kappa shape index (κ2) is 6.76. The zero-order valence-corrected chi connectivity index (χ0v) is 13.2. The monoisotopic (exact) mass is 282 g/mol. The minimum Gasteiger partial charge on any atom is -0.371 e. The van der Waals surface area contributed by atoms with Crippen LogP contribution in [-0.2, 0) is 4.74 Å². The lowest BCUT2D eigenvalue weighted by molar-refractivity contribution is -0.0125. The number of guanidine groups is 1. The topological polar surface area (TPSA) is 62.9 Å². The van der Waals surface area contributed by atoms with Crippen LogP contribution < -0.4 is 11.1 Å². The normalized spacial score (nSPS) is 30.9. The Morgan fingerprint density at radius 1 is 1.45 bits per heavy atom. The predicted octanol–water partition coefficient (Wildman–Crippen LogP) is 1.33. The Morgan fingerprint density at radius 3 is 2.90 bits per heavy atom. The first-order chi connectivity index (χ1) is 9.50. The second-order valence-electron chi connectivity index (χ2n) is 6.57. The Balaban J connectivity index is 1.69. The molecule has 0 aliphatic carbocycles. The van der Waals surface area contributed by atoms with Gasteiger partial charge in [-0.25, -0.2) is 0 Å². The number of ether oxygens (including phenoxy) is 1. The molecule has 116 valence electrons. The first kappa shape index (κ1) is 15.6. The van der Waals surface area contributed by atoms with Crippen LogP contribution in [0.15, 0.2) is 4.99 Å². The minimum atomic E-state index is 0.0176. The first-order valence-corrected chi connectivity index (χ1v) is 7.96. The van der Waals surface area contributed by atoms with Crippen LogP contribution in [0.25, 0.3) is 0 Å². The van der Waals surface area contributed by atoms with Crippen LogP contribution in [0.1, 0.15) is 46.5 Å². The molecule has 2 unspecified atom stereocenters. The lowest BCUT2D eigenvalue weighted by Crippen LogP contribution is -2.39. The Kier molecular flexibility index (Phi) is 5.27. The third kappa shape index (κ3) is 4.35. The van der Waals surface area contributed by atoms with Crippen LogP contribution in [0.2, 0.25) is 0 Å². The number of aliphatic imine (C=N–C) groups is 1. The van der Waals surface area contributed by atoms with Crippen molar-refractivity contribution in [3.05, 3.63) is 0 Å². The molecule has 3 N–H and O–H groups in total. The number of rotatable bonds is 5. The summed E-state index contributed by atoms with van der Waals surface area (Å²) in [6.45, 7) is 10.4. The molecule has 2 rings (SSSR count). The van der Waals surface area contributed by atoms with Crippen LogP contribution in [0, 0.1) is 0 Å². The maximum absolute atomic E-state index is 5.95. The quantitative estimate of drug-likeness (QED) is 0.590. The fraction of sp³-hybridized carbons (Fsp3) is 0.933. The fourth-order valence-electron chi connectivity index (χ4n) is 3.22. The fourth-order valence-corrected chi connectivity index (χ4v) is 3.22. The average Bonchev–Trinajstić information content (AvgIpc) is 2.99. The largest absolute Gasteiger partial charge is 0.371 e. The highest BCUT2D eigenvalue weighted by Crippen LogP contribution is 2.28. The zero-order valence-electron chi connectivity index (χ0n) is 13.2. The van der Waals surface area contributed by atoms with Gasteiger partial charge in [0.1, 0.15) is 0 Å². The highest BCUT2D eigenvalue weighted by molar-refractivity contribution is 5.77. The molecule has 0 aromatic rings. The van der Waals surface area contributed by atoms with Gasteiger partial charge in [0.05, 0.1) is 18.2 Å². The number of likely N-dealkylation sites (N-methyl/N-ethyl adjacent to an activating group) is 1. The van der Waals surface area contributed by atoms with E-state index in [1.807, 2.05) is 0 Å². The van der Waals surface area contributed by atoms with E-state index in [-0.39, 0.29) is 11.7 Å². The van der Waals surface area contributed by atoms with E-state index in [9.17, 15) is 0 Å². The summed E-state index contributed by atoms with van der Waals surface area (Å²) in [6, 6.07) is 0.571. The summed E-state index contributed by atoms with van der Waals surface area (Å²) >= 11 is 0. The number of nitrogens with zero attached hydrogens (tertiary/aromatic N) is 2. The molecular formula is C15H30N4O. The van der Waals surface area contributed by atoms with Crippen molar-refractivity contribution in [2.24, 2.45) is 10.7 Å². The summed E-state index contributed by atoms with van der Waals surface area (Å²) < 4.78 is 5.93. The number of hydrogen-bond donors (Lipinski definition) is 2. The van der Waals surface area contributed by atoms with Gasteiger partial charge >= 0.3 is 0 Å². The van der Waals surface area contributed by atoms with E-state index in [0.29, 0.717) is 12.0 Å². The zero-order chi connectivity index (χ0) is 14.6. The molecule has 0 saturated carbocycles. The van der Waals surface area contributed by atoms with Crippen molar-refractivity contribution in [1.29, 1.82) is 0 Å². The van der Waals surface area contributed by atoms with E-state index in [2.05, 4.69) is 36.0 Å². The lowest BCUT2D eigenvalue weighted by Gasteiger charge is -2.21. The smallest absolute Gasteiger partial charge is 0.188 e. The Morgan fingerprint density at radius 2 is 2.25 bits per heavy atom. The number of hydrogen-bond acceptors (Lipinski definition) is 3. The van der Waals surface area contributed by atoms with Gasteiger partial charge in [-0.1, -0.05) is 6.92 Å². The summed E-state index contributed by atoms with van der Waals surface area (Å²) in [5.74, 6) is 0.557. The Labute approximate surface area is 122 Å². The molecule has 2 saturated heterocycles. The molecule has 2 aliphatic rings. The van der Waals surface area contributed by atoms with E-state index in [4.69, 9.17) is 10.5 Å². The van der Waals surface area contributed by atoms with Crippen molar-refractivity contribution in [1.82, 2.24) is 10.2 Å². The summed E-state index contributed by atoms with van der Waals surface area (Å²) in [7, 11) is 0. The molecule has 5 heteroatoms. The first-order valence-electron chi connectivity index (χ1n) is 7.96. The summed E-state index contributed by atoms with van der Waals surface area (Å²) in [6.07, 6.45) is 5.00. The molecule has 2 aliphatic heterocycles. The molecule has 0 spiro atoms. The molecule has 0 radical (unpaired) electrons. The SMILES string of the molecule is CCN1CCCC1CN=C(N)NCC1CCC(C)(C)O1. The molecule has 0 amide bonds. The average molecular weight is 282 g/mol. The van der Waals surface area contributed by atoms with Gasteiger partial charge in [0.15, 0.2) is 5.96 Å². The van der Waals surface area contributed by atoms with Crippen molar-refractivity contribution in [2.45, 2.75) is 64.2 Å². The minimum absolute atomic E-state index is 0.0176. The van der Waals surface area contributed by atoms with E-state index in [1.165, 1.54) is 19.4 Å². The number of nitrogens with two attached hydrogens (primary N) is 1. The lowest BCUT2D eigenvalue weighted by atomic mass is 10.1. The van der Waals surface area contributed by atoms with Gasteiger partial charge in [-0.15, -0.1) is 0 Å². The van der Waals surface area contributed by atoms with Crippen LogP contribution >= 0.6 is 0 Å². The molecule has 2 atom stereocenters. The molecule has 0 bridgehead atoms. The van der Waals surface area contributed by atoms with Crippen LogP contribution in [0.5, 0.6) is 0 Å². The van der Waals surface area contributed by atoms with E-state index >= 15 is 0 Å². The van der Waals surface area contributed by atoms with Crippen LogP contribution in [0.4, 0.5) is 0 Å². The second-order valence-corrected chi connectivity index (χ2v) is 6.57. The third-order valence-electron chi connectivity index (χ3n) is 4.44. The van der Waals surface area contributed by atoms with Gasteiger partial charge in [0.2, 0.25) is 0 Å². The van der Waals surface area contributed by atoms with Gasteiger partial charge in [-0.05, 0) is 52.6 Å². The van der Waals surface area contributed by atoms with Gasteiger partial charge in [0.25, 0.3) is 0 Å². The summed E-state index contributed by atoms with van der Waals surface area (Å²) in [5.41, 5.74) is 5.97.